The first-order valence-corrected chi connectivity index (χ1v) is 5.20. The third-order valence-corrected chi connectivity index (χ3v) is 3.22. The summed E-state index contributed by atoms with van der Waals surface area (Å²) in [7, 11) is 0. The van der Waals surface area contributed by atoms with Gasteiger partial charge in [-0.05, 0) is 5.56 Å². The van der Waals surface area contributed by atoms with E-state index in [0.717, 1.165) is 5.56 Å². The number of hydrogen-bond donors (Lipinski definition) is 1. The lowest BCUT2D eigenvalue weighted by atomic mass is 10.1. The van der Waals surface area contributed by atoms with E-state index in [1.165, 1.54) is 3.93 Å². The highest BCUT2D eigenvalue weighted by Gasteiger charge is 2.36. The van der Waals surface area contributed by atoms with E-state index in [-0.39, 0.29) is 17.7 Å². The van der Waals surface area contributed by atoms with Crippen LogP contribution in [0.5, 0.6) is 0 Å². The van der Waals surface area contributed by atoms with E-state index in [1.54, 1.807) is 0 Å². The maximum absolute atomic E-state index is 11.5. The second kappa shape index (κ2) is 4.02. The predicted octanol–water partition coefficient (Wildman–Crippen LogP) is 2.10. The van der Waals surface area contributed by atoms with Crippen LogP contribution in [-0.4, -0.2) is 20.8 Å². The SMILES string of the molecule is O=C1/C(=N\O)CC(c2ccccc2)N1Br. The highest BCUT2D eigenvalue weighted by molar-refractivity contribution is 9.07. The molecule has 1 saturated heterocycles. The highest BCUT2D eigenvalue weighted by Crippen LogP contribution is 2.33. The number of oxime groups is 1. The van der Waals surface area contributed by atoms with Crippen LogP contribution in [0.2, 0.25) is 0 Å². The van der Waals surface area contributed by atoms with Crippen LogP contribution in [0, 0.1) is 0 Å². The van der Waals surface area contributed by atoms with Crippen LogP contribution in [-0.2, 0) is 4.79 Å². The lowest BCUT2D eigenvalue weighted by Gasteiger charge is -2.16. The van der Waals surface area contributed by atoms with Crippen molar-refractivity contribution in [3.05, 3.63) is 35.9 Å². The smallest absolute Gasteiger partial charge is 0.282 e. The van der Waals surface area contributed by atoms with Gasteiger partial charge in [0.2, 0.25) is 0 Å². The molecule has 1 atom stereocenters. The Morgan fingerprint density at radius 2 is 2.07 bits per heavy atom. The first kappa shape index (κ1) is 10.2. The maximum Gasteiger partial charge on any atom is 0.282 e. The molecule has 1 amide bonds. The van der Waals surface area contributed by atoms with E-state index >= 15 is 0 Å². The minimum atomic E-state index is -0.286. The van der Waals surface area contributed by atoms with Crippen LogP contribution in [0.1, 0.15) is 18.0 Å². The molecule has 78 valence electrons. The summed E-state index contributed by atoms with van der Waals surface area (Å²) in [5.74, 6) is -0.286. The molecule has 1 aliphatic heterocycles. The minimum Gasteiger partial charge on any atom is -0.410 e. The molecule has 0 bridgehead atoms. The van der Waals surface area contributed by atoms with Gasteiger partial charge in [0.25, 0.3) is 5.91 Å². The van der Waals surface area contributed by atoms with Gasteiger partial charge >= 0.3 is 0 Å². The summed E-state index contributed by atoms with van der Waals surface area (Å²) in [4.78, 5) is 11.5. The first-order chi connectivity index (χ1) is 7.24. The second-order valence-corrected chi connectivity index (χ2v) is 4.06. The Morgan fingerprint density at radius 3 is 2.60 bits per heavy atom. The second-order valence-electron chi connectivity index (χ2n) is 3.29. The van der Waals surface area contributed by atoms with Crippen molar-refractivity contribution in [2.75, 3.05) is 0 Å². The third-order valence-electron chi connectivity index (χ3n) is 2.41. The molecule has 1 aromatic rings. The fourth-order valence-electron chi connectivity index (χ4n) is 1.62. The predicted molar refractivity (Wildman–Crippen MR) is 58.8 cm³/mol. The van der Waals surface area contributed by atoms with Gasteiger partial charge in [-0.3, -0.25) is 8.72 Å². The summed E-state index contributed by atoms with van der Waals surface area (Å²) >= 11 is 3.18. The van der Waals surface area contributed by atoms with Gasteiger partial charge in [-0.25, -0.2) is 0 Å². The molecular weight excluding hydrogens is 260 g/mol. The fraction of sp³-hybridized carbons (Fsp3) is 0.200. The number of hydrogen-bond acceptors (Lipinski definition) is 3. The lowest BCUT2D eigenvalue weighted by molar-refractivity contribution is -0.118. The van der Waals surface area contributed by atoms with Gasteiger partial charge < -0.3 is 5.21 Å². The normalized spacial score (nSPS) is 23.8. The molecule has 1 fully saturated rings. The zero-order valence-electron chi connectivity index (χ0n) is 7.80. The van der Waals surface area contributed by atoms with E-state index in [9.17, 15) is 4.79 Å². The first-order valence-electron chi connectivity index (χ1n) is 4.49. The van der Waals surface area contributed by atoms with Crippen molar-refractivity contribution < 1.29 is 10.0 Å². The zero-order valence-corrected chi connectivity index (χ0v) is 9.39. The molecule has 1 heterocycles. The fourth-order valence-corrected chi connectivity index (χ4v) is 2.21. The number of amides is 1. The van der Waals surface area contributed by atoms with Crippen molar-refractivity contribution in [1.82, 2.24) is 3.93 Å². The van der Waals surface area contributed by atoms with Gasteiger partial charge in [-0.15, -0.1) is 0 Å². The Hall–Kier alpha value is -1.36. The van der Waals surface area contributed by atoms with Crippen LogP contribution in [0.15, 0.2) is 35.5 Å². The summed E-state index contributed by atoms with van der Waals surface area (Å²) in [5.41, 5.74) is 1.20. The van der Waals surface area contributed by atoms with Crippen LogP contribution in [0.4, 0.5) is 0 Å². The number of carbonyl (C=O) groups is 1. The number of benzene rings is 1. The standard InChI is InChI=1S/C10H9BrN2O2/c11-13-9(6-8(12-15)10(13)14)7-4-2-1-3-5-7/h1-5,9,15H,6H2/b12-8-. The molecule has 1 N–H and O–H groups in total. The topological polar surface area (TPSA) is 52.9 Å². The lowest BCUT2D eigenvalue weighted by Crippen LogP contribution is -2.19. The Bertz CT molecular complexity index is 405. The van der Waals surface area contributed by atoms with E-state index in [4.69, 9.17) is 5.21 Å². The van der Waals surface area contributed by atoms with Gasteiger partial charge in [-0.2, -0.15) is 0 Å². The van der Waals surface area contributed by atoms with E-state index in [1.807, 2.05) is 30.3 Å². The molecule has 15 heavy (non-hydrogen) atoms. The molecule has 5 heteroatoms. The van der Waals surface area contributed by atoms with Crippen molar-refractivity contribution in [2.45, 2.75) is 12.5 Å². The maximum atomic E-state index is 11.5. The van der Waals surface area contributed by atoms with Crippen molar-refractivity contribution in [2.24, 2.45) is 5.16 Å². The molecule has 1 aliphatic rings. The number of halogens is 1. The highest BCUT2D eigenvalue weighted by atomic mass is 79.9. The number of rotatable bonds is 1. The molecule has 0 aliphatic carbocycles. The van der Waals surface area contributed by atoms with Crippen molar-refractivity contribution in [1.29, 1.82) is 0 Å². The summed E-state index contributed by atoms with van der Waals surface area (Å²) in [6.45, 7) is 0. The van der Waals surface area contributed by atoms with Gasteiger partial charge in [0, 0.05) is 6.42 Å². The van der Waals surface area contributed by atoms with Gasteiger partial charge in [0.1, 0.15) is 5.71 Å². The quantitative estimate of drug-likeness (QED) is 0.482. The van der Waals surface area contributed by atoms with Gasteiger partial charge in [-0.1, -0.05) is 35.5 Å². The summed E-state index contributed by atoms with van der Waals surface area (Å²) in [6.07, 6.45) is 0.421. The molecule has 4 nitrogen and oxygen atoms in total. The van der Waals surface area contributed by atoms with Crippen LogP contribution in [0.25, 0.3) is 0 Å². The molecule has 1 unspecified atom stereocenters. The zero-order chi connectivity index (χ0) is 10.8. The molecule has 0 spiro atoms. The van der Waals surface area contributed by atoms with Crippen molar-refractivity contribution in [3.8, 4) is 0 Å². The van der Waals surface area contributed by atoms with Crippen molar-refractivity contribution in [3.63, 3.8) is 0 Å². The third kappa shape index (κ3) is 1.74. The molecule has 0 radical (unpaired) electrons. The number of carbonyl (C=O) groups excluding carboxylic acids is 1. The number of nitrogens with zero attached hydrogens (tertiary/aromatic N) is 2. The molecule has 0 aromatic heterocycles. The van der Waals surface area contributed by atoms with Crippen molar-refractivity contribution >= 4 is 27.8 Å². The van der Waals surface area contributed by atoms with E-state index in [0.29, 0.717) is 6.42 Å². The Labute approximate surface area is 95.5 Å². The Balaban J connectivity index is 2.30. The van der Waals surface area contributed by atoms with Gasteiger partial charge in [0.15, 0.2) is 0 Å². The molecular formula is C10H9BrN2O2. The van der Waals surface area contributed by atoms with Crippen LogP contribution < -0.4 is 0 Å². The summed E-state index contributed by atoms with van der Waals surface area (Å²) < 4.78 is 1.41. The molecule has 0 saturated carbocycles. The minimum absolute atomic E-state index is 0.0930. The summed E-state index contributed by atoms with van der Waals surface area (Å²) in [6, 6.07) is 9.52. The van der Waals surface area contributed by atoms with E-state index < -0.39 is 0 Å². The average molecular weight is 269 g/mol. The van der Waals surface area contributed by atoms with Gasteiger partial charge in [0.05, 0.1) is 22.2 Å². The van der Waals surface area contributed by atoms with E-state index in [2.05, 4.69) is 21.3 Å². The average Bonchev–Trinajstić information content (AvgIpc) is 2.57. The largest absolute Gasteiger partial charge is 0.410 e. The Kier molecular flexibility index (Phi) is 2.73. The van der Waals surface area contributed by atoms with Crippen LogP contribution >= 0.6 is 16.1 Å². The van der Waals surface area contributed by atoms with Crippen LogP contribution in [0.3, 0.4) is 0 Å². The monoisotopic (exact) mass is 268 g/mol. The Morgan fingerprint density at radius 1 is 1.40 bits per heavy atom. The molecule has 1 aromatic carbocycles. The molecule has 2 rings (SSSR count). The summed E-state index contributed by atoms with van der Waals surface area (Å²) in [5, 5.41) is 11.6.